The first kappa shape index (κ1) is 21.5. The first-order chi connectivity index (χ1) is 15.1. The number of nitrogens with one attached hydrogen (secondary N) is 1. The minimum Gasteiger partial charge on any atom is -0.378 e. The van der Waals surface area contributed by atoms with E-state index in [0.29, 0.717) is 48.8 Å². The van der Waals surface area contributed by atoms with Crippen LogP contribution in [0.5, 0.6) is 0 Å². The maximum Gasteiger partial charge on any atom is 0.196 e. The van der Waals surface area contributed by atoms with Gasteiger partial charge in [-0.05, 0) is 30.7 Å². The summed E-state index contributed by atoms with van der Waals surface area (Å²) in [4.78, 5) is 24.1. The van der Waals surface area contributed by atoms with Crippen LogP contribution in [-0.4, -0.2) is 47.8 Å². The summed E-state index contributed by atoms with van der Waals surface area (Å²) in [5.41, 5.74) is 1.37. The van der Waals surface area contributed by atoms with Gasteiger partial charge >= 0.3 is 0 Å². The smallest absolute Gasteiger partial charge is 0.196 e. The molecule has 1 N–H and O–H groups in total. The number of hydrogen-bond acceptors (Lipinski definition) is 7. The van der Waals surface area contributed by atoms with E-state index in [9.17, 15) is 13.6 Å². The first-order valence-electron chi connectivity index (χ1n) is 10.1. The van der Waals surface area contributed by atoms with E-state index < -0.39 is 17.4 Å². The number of rotatable bonds is 7. The number of carbonyl (C=O) groups excluding carboxylic acids is 1. The van der Waals surface area contributed by atoms with Crippen LogP contribution in [0.2, 0.25) is 0 Å². The van der Waals surface area contributed by atoms with Crippen LogP contribution in [-0.2, 0) is 4.74 Å². The lowest BCUT2D eigenvalue weighted by Crippen LogP contribution is -2.36. The van der Waals surface area contributed by atoms with Gasteiger partial charge in [-0.3, -0.25) is 9.78 Å². The lowest BCUT2D eigenvalue weighted by atomic mass is 10.0. The van der Waals surface area contributed by atoms with Gasteiger partial charge in [0.2, 0.25) is 0 Å². The highest BCUT2D eigenvalue weighted by Crippen LogP contribution is 2.25. The lowest BCUT2D eigenvalue weighted by Gasteiger charge is -2.27. The van der Waals surface area contributed by atoms with Crippen LogP contribution in [0.15, 0.2) is 36.5 Å². The highest BCUT2D eigenvalue weighted by atomic mass is 32.2. The molecule has 1 aromatic heterocycles. The molecule has 1 aliphatic heterocycles. The molecule has 0 unspecified atom stereocenters. The molecule has 0 bridgehead atoms. The van der Waals surface area contributed by atoms with Crippen molar-refractivity contribution in [1.29, 1.82) is 0 Å². The van der Waals surface area contributed by atoms with E-state index in [1.54, 1.807) is 24.4 Å². The molecule has 0 aliphatic carbocycles. The van der Waals surface area contributed by atoms with Crippen molar-refractivity contribution in [1.82, 2.24) is 9.97 Å². The molecular weight excluding hydrogens is 422 g/mol. The fourth-order valence-corrected chi connectivity index (χ4v) is 3.88. The molecule has 31 heavy (non-hydrogen) atoms. The molecule has 6 nitrogen and oxygen atoms in total. The molecule has 2 aromatic carbocycles. The Hall–Kier alpha value is -2.78. The highest BCUT2D eigenvalue weighted by molar-refractivity contribution is 8.00. The summed E-state index contributed by atoms with van der Waals surface area (Å²) in [6, 6.07) is 7.17. The molecule has 162 valence electrons. The Kier molecular flexibility index (Phi) is 6.62. The topological polar surface area (TPSA) is 67.4 Å². The zero-order valence-electron chi connectivity index (χ0n) is 17.0. The summed E-state index contributed by atoms with van der Waals surface area (Å²) < 4.78 is 36.9. The number of anilines is 2. The van der Waals surface area contributed by atoms with Gasteiger partial charge in [-0.25, -0.2) is 13.8 Å². The molecule has 0 radical (unpaired) electrons. The second kappa shape index (κ2) is 9.57. The predicted octanol–water partition coefficient (Wildman–Crippen LogP) is 4.45. The molecule has 0 saturated carbocycles. The zero-order valence-corrected chi connectivity index (χ0v) is 17.8. The third kappa shape index (κ3) is 4.77. The van der Waals surface area contributed by atoms with Crippen molar-refractivity contribution < 1.29 is 18.3 Å². The van der Waals surface area contributed by atoms with E-state index in [0.717, 1.165) is 18.2 Å². The van der Waals surface area contributed by atoms with Gasteiger partial charge in [0.15, 0.2) is 17.4 Å². The van der Waals surface area contributed by atoms with Gasteiger partial charge in [-0.2, -0.15) is 0 Å². The van der Waals surface area contributed by atoms with Crippen molar-refractivity contribution in [3.63, 3.8) is 0 Å². The Balaban J connectivity index is 1.65. The van der Waals surface area contributed by atoms with Gasteiger partial charge in [-0.1, -0.05) is 18.9 Å². The molecule has 0 atom stereocenters. The van der Waals surface area contributed by atoms with E-state index in [1.807, 2.05) is 6.92 Å². The van der Waals surface area contributed by atoms with Crippen molar-refractivity contribution in [2.75, 3.05) is 41.7 Å². The van der Waals surface area contributed by atoms with Crippen LogP contribution in [0, 0.1) is 11.6 Å². The molecule has 0 spiro atoms. The number of hydrogen-bond donors (Lipinski definition) is 1. The fourth-order valence-electron chi connectivity index (χ4n) is 3.29. The molecule has 9 heteroatoms. The monoisotopic (exact) mass is 444 g/mol. The quantitative estimate of drug-likeness (QED) is 0.328. The third-order valence-electron chi connectivity index (χ3n) is 4.90. The number of nitrogens with zero attached hydrogens (tertiary/aromatic N) is 3. The summed E-state index contributed by atoms with van der Waals surface area (Å²) in [6.07, 6.45) is 2.62. The summed E-state index contributed by atoms with van der Waals surface area (Å²) in [7, 11) is 0. The van der Waals surface area contributed by atoms with E-state index in [-0.39, 0.29) is 11.1 Å². The second-order valence-corrected chi connectivity index (χ2v) is 8.03. The number of aromatic nitrogens is 2. The molecule has 1 saturated heterocycles. The van der Waals surface area contributed by atoms with Crippen molar-refractivity contribution in [2.24, 2.45) is 0 Å². The van der Waals surface area contributed by atoms with Gasteiger partial charge in [0.1, 0.15) is 5.82 Å². The molecule has 2 heterocycles. The summed E-state index contributed by atoms with van der Waals surface area (Å²) >= 11 is 1.37. The number of ketones is 1. The Morgan fingerprint density at radius 2 is 2.00 bits per heavy atom. The van der Waals surface area contributed by atoms with E-state index >= 15 is 0 Å². The van der Waals surface area contributed by atoms with Crippen LogP contribution in [0.25, 0.3) is 11.0 Å². The lowest BCUT2D eigenvalue weighted by molar-refractivity contribution is 0.103. The number of halogens is 2. The standard InChI is InChI=1S/C22H22F2N4O2S/c1-2-9-31-27-15-11-16(21(24)17(23)12-15)22(29)14-3-4-18-19(10-14)26-20(13-25-18)28-5-7-30-8-6-28/h3-4,10-13,27H,2,5-9H2,1H3. The van der Waals surface area contributed by atoms with Crippen molar-refractivity contribution >= 4 is 40.3 Å². The van der Waals surface area contributed by atoms with Gasteiger partial charge in [0, 0.05) is 36.2 Å². The first-order valence-corrected chi connectivity index (χ1v) is 11.1. The Morgan fingerprint density at radius 1 is 1.19 bits per heavy atom. The molecule has 1 fully saturated rings. The normalized spacial score (nSPS) is 14.1. The zero-order chi connectivity index (χ0) is 21.8. The van der Waals surface area contributed by atoms with E-state index in [4.69, 9.17) is 4.74 Å². The number of morpholine rings is 1. The van der Waals surface area contributed by atoms with Crippen LogP contribution in [0.1, 0.15) is 29.3 Å². The number of fused-ring (bicyclic) bond motifs is 1. The maximum atomic E-state index is 14.5. The minimum atomic E-state index is -1.16. The highest BCUT2D eigenvalue weighted by Gasteiger charge is 2.20. The van der Waals surface area contributed by atoms with Crippen molar-refractivity contribution in [3.8, 4) is 0 Å². The Morgan fingerprint density at radius 3 is 2.77 bits per heavy atom. The summed E-state index contributed by atoms with van der Waals surface area (Å²) in [5, 5.41) is 0. The molecule has 3 aromatic rings. The van der Waals surface area contributed by atoms with Gasteiger partial charge < -0.3 is 14.4 Å². The van der Waals surface area contributed by atoms with Crippen LogP contribution in [0.3, 0.4) is 0 Å². The fraction of sp³-hybridized carbons (Fsp3) is 0.318. The van der Waals surface area contributed by atoms with Gasteiger partial charge in [-0.15, -0.1) is 0 Å². The third-order valence-corrected chi connectivity index (χ3v) is 5.89. The largest absolute Gasteiger partial charge is 0.378 e. The SMILES string of the molecule is CCCSNc1cc(F)c(F)c(C(=O)c2ccc3ncc(N4CCOCC4)nc3c2)c1. The molecule has 1 aliphatic rings. The minimum absolute atomic E-state index is 0.220. The van der Waals surface area contributed by atoms with Crippen molar-refractivity contribution in [2.45, 2.75) is 13.3 Å². The number of benzene rings is 2. The number of ether oxygens (including phenoxy) is 1. The van der Waals surface area contributed by atoms with E-state index in [2.05, 4.69) is 19.6 Å². The maximum absolute atomic E-state index is 14.5. The van der Waals surface area contributed by atoms with Gasteiger partial charge in [0.25, 0.3) is 0 Å². The Labute approximate surface area is 183 Å². The van der Waals surface area contributed by atoms with Gasteiger partial charge in [0.05, 0.1) is 36.0 Å². The molecule has 4 rings (SSSR count). The van der Waals surface area contributed by atoms with Crippen LogP contribution < -0.4 is 9.62 Å². The van der Waals surface area contributed by atoms with E-state index in [1.165, 1.54) is 18.0 Å². The molecular formula is C22H22F2N4O2S. The predicted molar refractivity (Wildman–Crippen MR) is 119 cm³/mol. The number of carbonyl (C=O) groups is 1. The molecule has 0 amide bonds. The summed E-state index contributed by atoms with van der Waals surface area (Å²) in [6.45, 7) is 4.66. The summed E-state index contributed by atoms with van der Waals surface area (Å²) in [5.74, 6) is -1.35. The Bertz CT molecular complexity index is 1110. The average Bonchev–Trinajstić information content (AvgIpc) is 2.80. The second-order valence-electron chi connectivity index (χ2n) is 7.13. The van der Waals surface area contributed by atoms with Crippen molar-refractivity contribution in [3.05, 3.63) is 59.3 Å². The average molecular weight is 445 g/mol. The van der Waals surface area contributed by atoms with Crippen LogP contribution >= 0.6 is 11.9 Å². The van der Waals surface area contributed by atoms with Crippen LogP contribution in [0.4, 0.5) is 20.3 Å².